The molecule has 1 atom stereocenters. The summed E-state index contributed by atoms with van der Waals surface area (Å²) in [5.41, 5.74) is 8.25. The first-order valence-electron chi connectivity index (χ1n) is 6.57. The van der Waals surface area contributed by atoms with Crippen LogP contribution in [0.3, 0.4) is 0 Å². The smallest absolute Gasteiger partial charge is 0.222 e. The van der Waals surface area contributed by atoms with E-state index in [1.807, 2.05) is 0 Å². The van der Waals surface area contributed by atoms with Gasteiger partial charge in [-0.05, 0) is 18.9 Å². The van der Waals surface area contributed by atoms with Crippen LogP contribution in [0.25, 0.3) is 0 Å². The van der Waals surface area contributed by atoms with Crippen molar-refractivity contribution in [3.8, 4) is 0 Å². The Morgan fingerprint density at radius 2 is 2.00 bits per heavy atom. The number of aryl methyl sites for hydroxylation is 2. The Kier molecular flexibility index (Phi) is 6.53. The highest BCUT2D eigenvalue weighted by Crippen LogP contribution is 2.07. The zero-order chi connectivity index (χ0) is 14.3. The number of nitrogens with zero attached hydrogens (tertiary/aromatic N) is 1. The molecule has 1 unspecified atom stereocenters. The highest BCUT2D eigenvalue weighted by atomic mass is 16.5. The van der Waals surface area contributed by atoms with Gasteiger partial charge in [0, 0.05) is 33.2 Å². The van der Waals surface area contributed by atoms with Gasteiger partial charge in [-0.3, -0.25) is 4.79 Å². The van der Waals surface area contributed by atoms with Gasteiger partial charge in [0.25, 0.3) is 0 Å². The minimum absolute atomic E-state index is 0.118. The molecule has 0 saturated heterocycles. The van der Waals surface area contributed by atoms with Gasteiger partial charge in [-0.25, -0.2) is 0 Å². The van der Waals surface area contributed by atoms with Gasteiger partial charge in [0.15, 0.2) is 0 Å². The molecular weight excluding hydrogens is 240 g/mol. The van der Waals surface area contributed by atoms with Crippen LogP contribution in [-0.4, -0.2) is 44.2 Å². The van der Waals surface area contributed by atoms with E-state index in [9.17, 15) is 4.79 Å². The Bertz CT molecular complexity index is 390. The highest BCUT2D eigenvalue weighted by Gasteiger charge is 2.12. The second-order valence-corrected chi connectivity index (χ2v) is 4.98. The number of amides is 1. The molecule has 0 fully saturated rings. The van der Waals surface area contributed by atoms with E-state index >= 15 is 0 Å². The maximum absolute atomic E-state index is 12.0. The lowest BCUT2D eigenvalue weighted by atomic mass is 10.1. The normalized spacial score (nSPS) is 12.2. The Hall–Kier alpha value is -1.39. The summed E-state index contributed by atoms with van der Waals surface area (Å²) in [6.45, 7) is 3.05. The van der Waals surface area contributed by atoms with Gasteiger partial charge >= 0.3 is 0 Å². The lowest BCUT2D eigenvalue weighted by Crippen LogP contribution is -2.41. The van der Waals surface area contributed by atoms with Crippen LogP contribution in [0.4, 0.5) is 0 Å². The molecule has 1 aromatic rings. The third-order valence-corrected chi connectivity index (χ3v) is 3.06. The largest absolute Gasteiger partial charge is 0.383 e. The molecule has 1 amide bonds. The number of ether oxygens (including phenoxy) is 1. The molecule has 2 N–H and O–H groups in total. The first-order valence-corrected chi connectivity index (χ1v) is 6.57. The van der Waals surface area contributed by atoms with Crippen molar-refractivity contribution >= 4 is 5.91 Å². The fraction of sp³-hybridized carbons (Fsp3) is 0.533. The van der Waals surface area contributed by atoms with E-state index in [4.69, 9.17) is 10.5 Å². The minimum Gasteiger partial charge on any atom is -0.383 e. The molecule has 1 aromatic carbocycles. The molecule has 19 heavy (non-hydrogen) atoms. The van der Waals surface area contributed by atoms with Crippen molar-refractivity contribution in [2.24, 2.45) is 5.73 Å². The Labute approximate surface area is 115 Å². The number of methoxy groups -OCH3 is 1. The Balaban J connectivity index is 2.36. The molecule has 4 heteroatoms. The van der Waals surface area contributed by atoms with Crippen molar-refractivity contribution in [2.75, 3.05) is 27.3 Å². The summed E-state index contributed by atoms with van der Waals surface area (Å²) < 4.78 is 4.96. The topological polar surface area (TPSA) is 55.6 Å². The highest BCUT2D eigenvalue weighted by molar-refractivity contribution is 5.76. The van der Waals surface area contributed by atoms with E-state index in [1.165, 1.54) is 11.1 Å². The quantitative estimate of drug-likeness (QED) is 0.809. The van der Waals surface area contributed by atoms with E-state index in [-0.39, 0.29) is 11.9 Å². The fourth-order valence-electron chi connectivity index (χ4n) is 1.92. The molecule has 4 nitrogen and oxygen atoms in total. The predicted octanol–water partition coefficient (Wildman–Crippen LogP) is 1.36. The molecule has 0 spiro atoms. The predicted molar refractivity (Wildman–Crippen MR) is 77.0 cm³/mol. The summed E-state index contributed by atoms with van der Waals surface area (Å²) in [6.07, 6.45) is 1.28. The number of nitrogens with two attached hydrogens (primary N) is 1. The maximum Gasteiger partial charge on any atom is 0.222 e. The first kappa shape index (κ1) is 15.7. The van der Waals surface area contributed by atoms with Gasteiger partial charge < -0.3 is 15.4 Å². The van der Waals surface area contributed by atoms with Crippen LogP contribution in [0, 0.1) is 6.92 Å². The molecule has 0 saturated carbocycles. The van der Waals surface area contributed by atoms with Crippen molar-refractivity contribution < 1.29 is 9.53 Å². The number of hydrogen-bond acceptors (Lipinski definition) is 3. The third-order valence-electron chi connectivity index (χ3n) is 3.06. The van der Waals surface area contributed by atoms with Crippen molar-refractivity contribution in [1.82, 2.24) is 4.90 Å². The van der Waals surface area contributed by atoms with Crippen LogP contribution >= 0.6 is 0 Å². The summed E-state index contributed by atoms with van der Waals surface area (Å²) in [4.78, 5) is 13.6. The van der Waals surface area contributed by atoms with Crippen LogP contribution < -0.4 is 5.73 Å². The Morgan fingerprint density at radius 3 is 2.58 bits per heavy atom. The third kappa shape index (κ3) is 5.85. The van der Waals surface area contributed by atoms with E-state index in [0.717, 1.165) is 6.42 Å². The summed E-state index contributed by atoms with van der Waals surface area (Å²) in [7, 11) is 3.39. The van der Waals surface area contributed by atoms with Crippen LogP contribution in [0.15, 0.2) is 24.3 Å². The summed E-state index contributed by atoms with van der Waals surface area (Å²) in [5.74, 6) is 0.118. The molecule has 0 bridgehead atoms. The lowest BCUT2D eigenvalue weighted by Gasteiger charge is -2.21. The number of carbonyl (C=O) groups is 1. The molecule has 0 aliphatic heterocycles. The summed E-state index contributed by atoms with van der Waals surface area (Å²) in [6, 6.07) is 8.15. The number of hydrogen-bond donors (Lipinski definition) is 1. The van der Waals surface area contributed by atoms with Gasteiger partial charge in [0.1, 0.15) is 0 Å². The summed E-state index contributed by atoms with van der Waals surface area (Å²) >= 11 is 0. The van der Waals surface area contributed by atoms with Crippen LogP contribution in [0.2, 0.25) is 0 Å². The second-order valence-electron chi connectivity index (χ2n) is 4.98. The van der Waals surface area contributed by atoms with Gasteiger partial charge in [-0.2, -0.15) is 0 Å². The van der Waals surface area contributed by atoms with Crippen molar-refractivity contribution in [1.29, 1.82) is 0 Å². The first-order chi connectivity index (χ1) is 9.02. The minimum atomic E-state index is -0.127. The SMILES string of the molecule is COCC(N)CN(C)C(=O)CCc1ccc(C)cc1. The van der Waals surface area contributed by atoms with Crippen LogP contribution in [-0.2, 0) is 16.0 Å². The fourth-order valence-corrected chi connectivity index (χ4v) is 1.92. The summed E-state index contributed by atoms with van der Waals surface area (Å²) in [5, 5.41) is 0. The molecule has 0 radical (unpaired) electrons. The number of rotatable bonds is 7. The molecule has 0 aromatic heterocycles. The average molecular weight is 264 g/mol. The molecule has 0 heterocycles. The monoisotopic (exact) mass is 264 g/mol. The number of benzene rings is 1. The van der Waals surface area contributed by atoms with Gasteiger partial charge in [-0.15, -0.1) is 0 Å². The standard InChI is InChI=1S/C15H24N2O2/c1-12-4-6-13(7-5-12)8-9-15(18)17(2)10-14(16)11-19-3/h4-7,14H,8-11,16H2,1-3H3. The van der Waals surface area contributed by atoms with Crippen LogP contribution in [0.5, 0.6) is 0 Å². The van der Waals surface area contributed by atoms with E-state index in [1.54, 1.807) is 19.1 Å². The van der Waals surface area contributed by atoms with E-state index < -0.39 is 0 Å². The lowest BCUT2D eigenvalue weighted by molar-refractivity contribution is -0.130. The Morgan fingerprint density at radius 1 is 1.37 bits per heavy atom. The van der Waals surface area contributed by atoms with Crippen molar-refractivity contribution in [3.63, 3.8) is 0 Å². The molecule has 1 rings (SSSR count). The molecule has 106 valence electrons. The number of likely N-dealkylation sites (N-methyl/N-ethyl adjacent to an activating group) is 1. The van der Waals surface area contributed by atoms with Gasteiger partial charge in [0.2, 0.25) is 5.91 Å². The molecular formula is C15H24N2O2. The van der Waals surface area contributed by atoms with Gasteiger partial charge in [0.05, 0.1) is 6.61 Å². The van der Waals surface area contributed by atoms with Crippen molar-refractivity contribution in [2.45, 2.75) is 25.8 Å². The molecule has 0 aliphatic carbocycles. The maximum atomic E-state index is 12.0. The second kappa shape index (κ2) is 7.92. The van der Waals surface area contributed by atoms with E-state index in [0.29, 0.717) is 19.6 Å². The van der Waals surface area contributed by atoms with Crippen LogP contribution in [0.1, 0.15) is 17.5 Å². The average Bonchev–Trinajstić information content (AvgIpc) is 2.37. The van der Waals surface area contributed by atoms with Gasteiger partial charge in [-0.1, -0.05) is 29.8 Å². The zero-order valence-corrected chi connectivity index (χ0v) is 12.1. The zero-order valence-electron chi connectivity index (χ0n) is 12.1. The van der Waals surface area contributed by atoms with Crippen molar-refractivity contribution in [3.05, 3.63) is 35.4 Å². The number of carbonyl (C=O) groups excluding carboxylic acids is 1. The van der Waals surface area contributed by atoms with E-state index in [2.05, 4.69) is 31.2 Å². The molecule has 0 aliphatic rings.